The molecule has 0 spiro atoms. The van der Waals surface area contributed by atoms with Crippen molar-refractivity contribution in [3.63, 3.8) is 0 Å². The lowest BCUT2D eigenvalue weighted by Crippen LogP contribution is -2.49. The molecule has 4 rings (SSSR count). The van der Waals surface area contributed by atoms with Crippen LogP contribution in [0.2, 0.25) is 0 Å². The lowest BCUT2D eigenvalue weighted by atomic mass is 10.2. The number of nitrogens with one attached hydrogen (secondary N) is 1. The van der Waals surface area contributed by atoms with Crippen LogP contribution in [0.25, 0.3) is 0 Å². The van der Waals surface area contributed by atoms with Gasteiger partial charge in [0.05, 0.1) is 36.3 Å². The molecular formula is C21H23FN4O5. The van der Waals surface area contributed by atoms with Crippen LogP contribution in [0, 0.1) is 5.82 Å². The van der Waals surface area contributed by atoms with Gasteiger partial charge >= 0.3 is 6.09 Å². The molecule has 1 atom stereocenters. The van der Waals surface area contributed by atoms with Crippen LogP contribution >= 0.6 is 0 Å². The summed E-state index contributed by atoms with van der Waals surface area (Å²) in [6, 6.07) is 6.23. The second-order valence-electron chi connectivity index (χ2n) is 7.48. The Hall–Kier alpha value is -3.56. The predicted octanol–water partition coefficient (Wildman–Crippen LogP) is 1.84. The van der Waals surface area contributed by atoms with Gasteiger partial charge in [-0.05, 0) is 24.3 Å². The molecule has 1 N–H and O–H groups in total. The van der Waals surface area contributed by atoms with Crippen LogP contribution in [-0.4, -0.2) is 68.2 Å². The van der Waals surface area contributed by atoms with E-state index in [0.29, 0.717) is 43.1 Å². The van der Waals surface area contributed by atoms with Crippen molar-refractivity contribution in [2.24, 2.45) is 0 Å². The summed E-state index contributed by atoms with van der Waals surface area (Å²) < 4.78 is 25.1. The number of cyclic esters (lactones) is 1. The number of carbonyl (C=O) groups excluding carboxylic acids is 3. The van der Waals surface area contributed by atoms with Gasteiger partial charge in [-0.15, -0.1) is 0 Å². The highest BCUT2D eigenvalue weighted by Gasteiger charge is 2.33. The van der Waals surface area contributed by atoms with Crippen molar-refractivity contribution in [3.8, 4) is 0 Å². The van der Waals surface area contributed by atoms with Crippen molar-refractivity contribution in [3.05, 3.63) is 48.2 Å². The topological polar surface area (TPSA) is 95.3 Å². The summed E-state index contributed by atoms with van der Waals surface area (Å²) in [7, 11) is 0. The number of ether oxygens (including phenoxy) is 1. The van der Waals surface area contributed by atoms with Gasteiger partial charge in [0.15, 0.2) is 0 Å². The van der Waals surface area contributed by atoms with Gasteiger partial charge in [0.25, 0.3) is 5.91 Å². The van der Waals surface area contributed by atoms with Crippen molar-refractivity contribution in [1.29, 1.82) is 0 Å². The lowest BCUT2D eigenvalue weighted by Gasteiger charge is -2.36. The number of nitrogens with zero attached hydrogens (tertiary/aromatic N) is 3. The van der Waals surface area contributed by atoms with E-state index in [0.717, 1.165) is 0 Å². The van der Waals surface area contributed by atoms with Gasteiger partial charge in [-0.1, -0.05) is 0 Å². The number of amides is 3. The summed E-state index contributed by atoms with van der Waals surface area (Å²) in [6.45, 7) is 3.74. The lowest BCUT2D eigenvalue weighted by molar-refractivity contribution is -0.119. The zero-order valence-electron chi connectivity index (χ0n) is 17.0. The number of anilines is 2. The molecule has 31 heavy (non-hydrogen) atoms. The highest BCUT2D eigenvalue weighted by Crippen LogP contribution is 2.28. The molecule has 0 radical (unpaired) electrons. The molecule has 1 aromatic carbocycles. The van der Waals surface area contributed by atoms with E-state index in [1.54, 1.807) is 23.1 Å². The van der Waals surface area contributed by atoms with Gasteiger partial charge in [0.1, 0.15) is 18.2 Å². The van der Waals surface area contributed by atoms with Crippen molar-refractivity contribution >= 4 is 29.3 Å². The van der Waals surface area contributed by atoms with Crippen LogP contribution in [0.4, 0.5) is 20.6 Å². The molecule has 0 bridgehead atoms. The molecule has 10 heteroatoms. The molecular weight excluding hydrogens is 407 g/mol. The molecule has 3 heterocycles. The third-order valence-corrected chi connectivity index (χ3v) is 5.37. The number of furan rings is 1. The molecule has 2 fully saturated rings. The van der Waals surface area contributed by atoms with Crippen LogP contribution in [0.1, 0.15) is 17.3 Å². The minimum Gasteiger partial charge on any atom is -0.472 e. The van der Waals surface area contributed by atoms with E-state index in [9.17, 15) is 18.8 Å². The maximum Gasteiger partial charge on any atom is 0.414 e. The molecule has 2 saturated heterocycles. The summed E-state index contributed by atoms with van der Waals surface area (Å²) in [5.74, 6) is -0.771. The Bertz CT molecular complexity index is 972. The van der Waals surface area contributed by atoms with Gasteiger partial charge in [-0.3, -0.25) is 14.5 Å². The van der Waals surface area contributed by atoms with Gasteiger partial charge in [-0.25, -0.2) is 9.18 Å². The van der Waals surface area contributed by atoms with Gasteiger partial charge < -0.3 is 24.3 Å². The van der Waals surface area contributed by atoms with Crippen molar-refractivity contribution in [2.75, 3.05) is 49.1 Å². The summed E-state index contributed by atoms with van der Waals surface area (Å²) in [4.78, 5) is 40.5. The Balaban J connectivity index is 1.38. The number of halogens is 1. The van der Waals surface area contributed by atoms with Crippen LogP contribution in [0.5, 0.6) is 0 Å². The fourth-order valence-electron chi connectivity index (χ4n) is 3.74. The first kappa shape index (κ1) is 20.7. The standard InChI is InChI=1S/C21H23FN4O5/c1-14(27)23-11-17-12-26(21(29)31-17)16-2-3-19(18(22)10-16)24-5-7-25(8-6-24)20(28)15-4-9-30-13-15/h2-4,9-10,13,17H,5-8,11-12H2,1H3,(H,23,27). The van der Waals surface area contributed by atoms with Crippen LogP contribution < -0.4 is 15.1 Å². The summed E-state index contributed by atoms with van der Waals surface area (Å²) in [6.07, 6.45) is 1.81. The van der Waals surface area contributed by atoms with E-state index in [4.69, 9.17) is 9.15 Å². The predicted molar refractivity (Wildman–Crippen MR) is 110 cm³/mol. The monoisotopic (exact) mass is 430 g/mol. The molecule has 2 aromatic rings. The van der Waals surface area contributed by atoms with Crippen LogP contribution in [0.3, 0.4) is 0 Å². The molecule has 2 aliphatic rings. The largest absolute Gasteiger partial charge is 0.472 e. The van der Waals surface area contributed by atoms with Crippen LogP contribution in [0.15, 0.2) is 41.2 Å². The maximum absolute atomic E-state index is 14.9. The van der Waals surface area contributed by atoms with E-state index in [1.807, 2.05) is 4.90 Å². The first-order chi connectivity index (χ1) is 14.9. The average molecular weight is 430 g/mol. The number of carbonyl (C=O) groups is 3. The molecule has 1 aromatic heterocycles. The molecule has 2 aliphatic heterocycles. The van der Waals surface area contributed by atoms with Crippen molar-refractivity contribution in [2.45, 2.75) is 13.0 Å². The highest BCUT2D eigenvalue weighted by molar-refractivity contribution is 5.94. The Labute approximate surface area is 178 Å². The Kier molecular flexibility index (Phi) is 5.79. The van der Waals surface area contributed by atoms with E-state index in [2.05, 4.69) is 5.32 Å². The average Bonchev–Trinajstić information content (AvgIpc) is 3.42. The van der Waals surface area contributed by atoms with Gasteiger partial charge in [0.2, 0.25) is 5.91 Å². The first-order valence-corrected chi connectivity index (χ1v) is 10.0. The summed E-state index contributed by atoms with van der Waals surface area (Å²) in [5, 5.41) is 2.61. The molecule has 0 aliphatic carbocycles. The fourth-order valence-corrected chi connectivity index (χ4v) is 3.74. The van der Waals surface area contributed by atoms with E-state index < -0.39 is 18.0 Å². The maximum atomic E-state index is 14.9. The van der Waals surface area contributed by atoms with Crippen molar-refractivity contribution in [1.82, 2.24) is 10.2 Å². The zero-order valence-corrected chi connectivity index (χ0v) is 17.0. The van der Waals surface area contributed by atoms with Gasteiger partial charge in [0, 0.05) is 33.1 Å². The highest BCUT2D eigenvalue weighted by atomic mass is 19.1. The quantitative estimate of drug-likeness (QED) is 0.778. The Morgan fingerprint density at radius 2 is 1.97 bits per heavy atom. The number of benzene rings is 1. The number of rotatable bonds is 5. The second kappa shape index (κ2) is 8.66. The number of piperazine rings is 1. The van der Waals surface area contributed by atoms with Crippen molar-refractivity contribution < 1.29 is 27.9 Å². The molecule has 164 valence electrons. The SMILES string of the molecule is CC(=O)NCC1CN(c2ccc(N3CCN(C(=O)c4ccoc4)CC3)c(F)c2)C(=O)O1. The van der Waals surface area contributed by atoms with E-state index in [-0.39, 0.29) is 24.9 Å². The fraction of sp³-hybridized carbons (Fsp3) is 0.381. The van der Waals surface area contributed by atoms with Gasteiger partial charge in [-0.2, -0.15) is 0 Å². The Morgan fingerprint density at radius 3 is 2.61 bits per heavy atom. The van der Waals surface area contributed by atoms with E-state index in [1.165, 1.54) is 30.4 Å². The molecule has 1 unspecified atom stereocenters. The van der Waals surface area contributed by atoms with Crippen LogP contribution in [-0.2, 0) is 9.53 Å². The molecule has 3 amide bonds. The van der Waals surface area contributed by atoms with E-state index >= 15 is 0 Å². The Morgan fingerprint density at radius 1 is 1.19 bits per heavy atom. The third-order valence-electron chi connectivity index (χ3n) is 5.37. The minimum absolute atomic E-state index is 0.106. The minimum atomic E-state index is -0.575. The zero-order chi connectivity index (χ0) is 22.0. The summed E-state index contributed by atoms with van der Waals surface area (Å²) in [5.41, 5.74) is 1.31. The first-order valence-electron chi connectivity index (χ1n) is 10.0. The molecule has 0 saturated carbocycles. The smallest absolute Gasteiger partial charge is 0.414 e. The normalized spacial score (nSPS) is 18.8. The second-order valence-corrected chi connectivity index (χ2v) is 7.48. The number of hydrogen-bond donors (Lipinski definition) is 1. The molecule has 9 nitrogen and oxygen atoms in total. The number of hydrogen-bond acceptors (Lipinski definition) is 6. The third kappa shape index (κ3) is 4.47. The summed E-state index contributed by atoms with van der Waals surface area (Å²) >= 11 is 0.